The number of hydrogen-bond acceptors (Lipinski definition) is 2. The molecule has 3 heteroatoms. The minimum absolute atomic E-state index is 0.0312. The van der Waals surface area contributed by atoms with Crippen molar-refractivity contribution in [1.29, 1.82) is 0 Å². The van der Waals surface area contributed by atoms with Crippen molar-refractivity contribution in [3.8, 4) is 5.69 Å². The van der Waals surface area contributed by atoms with Gasteiger partial charge < -0.3 is 5.73 Å². The largest absolute Gasteiger partial charge is 0.323 e. The van der Waals surface area contributed by atoms with Crippen molar-refractivity contribution in [1.82, 2.24) is 9.78 Å². The van der Waals surface area contributed by atoms with Crippen molar-refractivity contribution in [2.75, 3.05) is 0 Å². The summed E-state index contributed by atoms with van der Waals surface area (Å²) < 4.78 is 1.88. The first-order valence-corrected chi connectivity index (χ1v) is 7.28. The first-order valence-electron chi connectivity index (χ1n) is 7.28. The summed E-state index contributed by atoms with van der Waals surface area (Å²) >= 11 is 0. The maximum absolute atomic E-state index is 6.21. The average Bonchev–Trinajstić information content (AvgIpc) is 2.98. The summed E-state index contributed by atoms with van der Waals surface area (Å²) in [6.45, 7) is 3.74. The summed E-state index contributed by atoms with van der Waals surface area (Å²) in [6.07, 6.45) is 9.59. The highest BCUT2D eigenvalue weighted by Crippen LogP contribution is 2.17. The fourth-order valence-corrected chi connectivity index (χ4v) is 2.24. The van der Waals surface area contributed by atoms with Gasteiger partial charge in [0.05, 0.1) is 11.4 Å². The van der Waals surface area contributed by atoms with Crippen molar-refractivity contribution in [2.45, 2.75) is 38.1 Å². The van der Waals surface area contributed by atoms with Gasteiger partial charge in [-0.3, -0.25) is 0 Å². The molecule has 0 radical (unpaired) electrons. The molecule has 0 saturated heterocycles. The van der Waals surface area contributed by atoms with Crippen LogP contribution in [0, 0.1) is 0 Å². The number of benzene rings is 1. The topological polar surface area (TPSA) is 43.8 Å². The third-order valence-corrected chi connectivity index (χ3v) is 3.43. The van der Waals surface area contributed by atoms with Gasteiger partial charge in [-0.05, 0) is 37.5 Å². The van der Waals surface area contributed by atoms with Gasteiger partial charge in [0.2, 0.25) is 0 Å². The second kappa shape index (κ2) is 7.65. The van der Waals surface area contributed by atoms with E-state index >= 15 is 0 Å². The van der Waals surface area contributed by atoms with E-state index in [0.717, 1.165) is 30.6 Å². The Bertz CT molecular complexity index is 516. The predicted octanol–water partition coefficient (Wildman–Crippen LogP) is 4.01. The van der Waals surface area contributed by atoms with Gasteiger partial charge in [-0.15, -0.1) is 6.58 Å². The fraction of sp³-hybridized carbons (Fsp3) is 0.353. The lowest BCUT2D eigenvalue weighted by Gasteiger charge is -2.08. The van der Waals surface area contributed by atoms with Crippen LogP contribution in [0.15, 0.2) is 55.3 Å². The molecule has 0 fully saturated rings. The lowest BCUT2D eigenvalue weighted by Crippen LogP contribution is -2.11. The first-order chi connectivity index (χ1) is 9.81. The van der Waals surface area contributed by atoms with Crippen molar-refractivity contribution in [3.63, 3.8) is 0 Å². The van der Waals surface area contributed by atoms with Crippen LogP contribution in [0.3, 0.4) is 0 Å². The summed E-state index contributed by atoms with van der Waals surface area (Å²) in [5.41, 5.74) is 8.24. The van der Waals surface area contributed by atoms with Crippen molar-refractivity contribution in [2.24, 2.45) is 5.73 Å². The maximum atomic E-state index is 6.21. The van der Waals surface area contributed by atoms with Gasteiger partial charge >= 0.3 is 0 Å². The van der Waals surface area contributed by atoms with Crippen LogP contribution in [0.4, 0.5) is 0 Å². The van der Waals surface area contributed by atoms with Crippen LogP contribution in [-0.2, 0) is 0 Å². The van der Waals surface area contributed by atoms with E-state index in [0.29, 0.717) is 0 Å². The Morgan fingerprint density at radius 3 is 2.70 bits per heavy atom. The summed E-state index contributed by atoms with van der Waals surface area (Å²) in [5, 5.41) is 4.57. The molecule has 0 aliphatic heterocycles. The highest BCUT2D eigenvalue weighted by molar-refractivity contribution is 5.30. The molecule has 0 aliphatic carbocycles. The monoisotopic (exact) mass is 269 g/mol. The summed E-state index contributed by atoms with van der Waals surface area (Å²) in [5.74, 6) is 0. The van der Waals surface area contributed by atoms with E-state index in [1.54, 1.807) is 0 Å². The van der Waals surface area contributed by atoms with Gasteiger partial charge in [0.25, 0.3) is 0 Å². The number of hydrogen-bond donors (Lipinski definition) is 1. The number of unbranched alkanes of at least 4 members (excludes halogenated alkanes) is 3. The molecule has 3 nitrogen and oxygen atoms in total. The number of para-hydroxylation sites is 1. The molecule has 1 aromatic heterocycles. The molecule has 2 rings (SSSR count). The highest BCUT2D eigenvalue weighted by atomic mass is 15.3. The number of rotatable bonds is 8. The molecule has 0 amide bonds. The van der Waals surface area contributed by atoms with E-state index in [9.17, 15) is 0 Å². The Morgan fingerprint density at radius 1 is 1.15 bits per heavy atom. The Balaban J connectivity index is 1.87. The van der Waals surface area contributed by atoms with E-state index in [2.05, 4.69) is 11.7 Å². The highest BCUT2D eigenvalue weighted by Gasteiger charge is 2.09. The molecular weight excluding hydrogens is 246 g/mol. The number of aromatic nitrogens is 2. The van der Waals surface area contributed by atoms with Crippen LogP contribution >= 0.6 is 0 Å². The van der Waals surface area contributed by atoms with Crippen molar-refractivity contribution < 1.29 is 0 Å². The molecule has 2 aromatic rings. The Hall–Kier alpha value is -1.87. The molecule has 1 aromatic carbocycles. The van der Waals surface area contributed by atoms with Crippen LogP contribution in [0.1, 0.15) is 43.8 Å². The first kappa shape index (κ1) is 14.5. The van der Waals surface area contributed by atoms with Gasteiger partial charge in [-0.1, -0.05) is 37.1 Å². The molecule has 0 spiro atoms. The molecule has 0 bridgehead atoms. The van der Waals surface area contributed by atoms with Crippen LogP contribution < -0.4 is 5.73 Å². The van der Waals surface area contributed by atoms with E-state index in [4.69, 9.17) is 5.73 Å². The molecule has 106 valence electrons. The van der Waals surface area contributed by atoms with Crippen LogP contribution in [0.2, 0.25) is 0 Å². The summed E-state index contributed by atoms with van der Waals surface area (Å²) in [7, 11) is 0. The van der Waals surface area contributed by atoms with Gasteiger partial charge in [0.15, 0.2) is 0 Å². The third-order valence-electron chi connectivity index (χ3n) is 3.43. The Labute approximate surface area is 121 Å². The van der Waals surface area contributed by atoms with E-state index in [1.165, 1.54) is 12.8 Å². The predicted molar refractivity (Wildman–Crippen MR) is 83.8 cm³/mol. The fourth-order valence-electron chi connectivity index (χ4n) is 2.24. The number of nitrogens with zero attached hydrogens (tertiary/aromatic N) is 2. The molecule has 0 saturated carbocycles. The van der Waals surface area contributed by atoms with Crippen molar-refractivity contribution in [3.05, 3.63) is 60.9 Å². The van der Waals surface area contributed by atoms with E-state index in [1.807, 2.05) is 53.4 Å². The molecule has 1 atom stereocenters. The smallest absolute Gasteiger partial charge is 0.0796 e. The number of nitrogens with two attached hydrogens (primary N) is 1. The second-order valence-corrected chi connectivity index (χ2v) is 5.05. The minimum atomic E-state index is 0.0312. The zero-order chi connectivity index (χ0) is 14.2. The molecule has 1 unspecified atom stereocenters. The van der Waals surface area contributed by atoms with E-state index in [-0.39, 0.29) is 6.04 Å². The van der Waals surface area contributed by atoms with Crippen LogP contribution in [-0.4, -0.2) is 9.78 Å². The van der Waals surface area contributed by atoms with Crippen LogP contribution in [0.5, 0.6) is 0 Å². The lowest BCUT2D eigenvalue weighted by atomic mass is 10.1. The zero-order valence-electron chi connectivity index (χ0n) is 11.9. The second-order valence-electron chi connectivity index (χ2n) is 5.05. The normalized spacial score (nSPS) is 12.2. The van der Waals surface area contributed by atoms with Gasteiger partial charge in [-0.2, -0.15) is 5.10 Å². The lowest BCUT2D eigenvalue weighted by molar-refractivity contribution is 0.559. The third kappa shape index (κ3) is 4.07. The van der Waals surface area contributed by atoms with E-state index < -0.39 is 0 Å². The molecule has 20 heavy (non-hydrogen) atoms. The van der Waals surface area contributed by atoms with Crippen molar-refractivity contribution >= 4 is 0 Å². The quantitative estimate of drug-likeness (QED) is 0.581. The Morgan fingerprint density at radius 2 is 1.95 bits per heavy atom. The SMILES string of the molecule is C=CCCCCCC(N)c1ccn(-c2ccccc2)n1. The molecular formula is C17H23N3. The molecule has 1 heterocycles. The summed E-state index contributed by atoms with van der Waals surface area (Å²) in [4.78, 5) is 0. The molecule has 2 N–H and O–H groups in total. The van der Waals surface area contributed by atoms with Gasteiger partial charge in [0, 0.05) is 12.2 Å². The minimum Gasteiger partial charge on any atom is -0.323 e. The van der Waals surface area contributed by atoms with Crippen LogP contribution in [0.25, 0.3) is 5.69 Å². The number of allylic oxidation sites excluding steroid dienone is 1. The summed E-state index contributed by atoms with van der Waals surface area (Å²) in [6, 6.07) is 12.1. The maximum Gasteiger partial charge on any atom is 0.0796 e. The zero-order valence-corrected chi connectivity index (χ0v) is 11.9. The standard InChI is InChI=1S/C17H23N3/c1-2-3-4-5-9-12-16(18)17-13-14-20(19-17)15-10-7-6-8-11-15/h2,6-8,10-11,13-14,16H,1,3-5,9,12,18H2. The average molecular weight is 269 g/mol. The Kier molecular flexibility index (Phi) is 5.56. The van der Waals surface area contributed by atoms with Gasteiger partial charge in [-0.25, -0.2) is 4.68 Å². The molecule has 0 aliphatic rings. The van der Waals surface area contributed by atoms with Gasteiger partial charge in [0.1, 0.15) is 0 Å².